The van der Waals surface area contributed by atoms with Gasteiger partial charge in [0, 0.05) is 6.07 Å². The summed E-state index contributed by atoms with van der Waals surface area (Å²) in [5, 5.41) is 10.2. The molecule has 1 heterocycles. The van der Waals surface area contributed by atoms with Gasteiger partial charge in [-0.3, -0.25) is 4.79 Å². The van der Waals surface area contributed by atoms with Crippen LogP contribution in [0.3, 0.4) is 0 Å². The topological polar surface area (TPSA) is 63.2 Å². The van der Waals surface area contributed by atoms with E-state index in [4.69, 9.17) is 9.15 Å². The van der Waals surface area contributed by atoms with Gasteiger partial charge in [-0.25, -0.2) is 0 Å². The normalized spacial score (nSPS) is 15.0. The lowest BCUT2D eigenvalue weighted by molar-refractivity contribution is -0.137. The largest absolute Gasteiger partial charge is 0.497 e. The fourth-order valence-corrected chi connectivity index (χ4v) is 4.33. The maximum Gasteiger partial charge on any atom is 0.416 e. The van der Waals surface area contributed by atoms with E-state index in [0.29, 0.717) is 27.8 Å². The summed E-state index contributed by atoms with van der Waals surface area (Å²) in [6, 6.07) is 18.8. The van der Waals surface area contributed by atoms with Gasteiger partial charge in [0.25, 0.3) is 0 Å². The monoisotopic (exact) mass is 459 g/mol. The Balaban J connectivity index is 1.86. The molecule has 1 aliphatic carbocycles. The number of rotatable bonds is 2. The van der Waals surface area contributed by atoms with Crippen LogP contribution in [0.2, 0.25) is 0 Å². The van der Waals surface area contributed by atoms with Gasteiger partial charge in [-0.1, -0.05) is 36.4 Å². The molecule has 0 fully saturated rings. The Kier molecular flexibility index (Phi) is 5.02. The van der Waals surface area contributed by atoms with E-state index in [1.54, 1.807) is 42.5 Å². The number of hydrogen-bond acceptors (Lipinski definition) is 4. The van der Waals surface area contributed by atoms with Crippen LogP contribution in [0.4, 0.5) is 13.2 Å². The lowest BCUT2D eigenvalue weighted by atomic mass is 9.85. The smallest absolute Gasteiger partial charge is 0.416 e. The predicted octanol–water partition coefficient (Wildman–Crippen LogP) is 6.38. The van der Waals surface area contributed by atoms with Crippen LogP contribution in [-0.4, -0.2) is 7.11 Å². The Bertz CT molecular complexity index is 1560. The minimum atomic E-state index is -4.48. The van der Waals surface area contributed by atoms with Crippen molar-refractivity contribution in [3.05, 3.63) is 111 Å². The fourth-order valence-electron chi connectivity index (χ4n) is 4.33. The third-order valence-electron chi connectivity index (χ3n) is 5.97. The molecule has 0 amide bonds. The highest BCUT2D eigenvalue weighted by Crippen LogP contribution is 2.42. The summed E-state index contributed by atoms with van der Waals surface area (Å²) >= 11 is 0. The van der Waals surface area contributed by atoms with Gasteiger partial charge in [-0.15, -0.1) is 0 Å². The molecule has 4 aromatic rings. The molecule has 4 nitrogen and oxygen atoms in total. The van der Waals surface area contributed by atoms with E-state index in [0.717, 1.165) is 12.1 Å². The Morgan fingerprint density at radius 3 is 2.44 bits per heavy atom. The summed E-state index contributed by atoms with van der Waals surface area (Å²) < 4.78 is 51.1. The summed E-state index contributed by atoms with van der Waals surface area (Å²) in [6.07, 6.45) is -2.99. The zero-order valence-corrected chi connectivity index (χ0v) is 17.8. The SMILES string of the molecule is COc1ccc2c(=O)c3c(oc2c1)C(c1ccc(C(F)(F)F)cc1)c1ccccc1C(C#N)=C3. The van der Waals surface area contributed by atoms with Crippen LogP contribution >= 0.6 is 0 Å². The van der Waals surface area contributed by atoms with Crippen molar-refractivity contribution in [2.24, 2.45) is 0 Å². The van der Waals surface area contributed by atoms with Crippen molar-refractivity contribution in [2.75, 3.05) is 7.11 Å². The third kappa shape index (κ3) is 3.44. The number of alkyl halides is 3. The Morgan fingerprint density at radius 2 is 1.76 bits per heavy atom. The molecule has 1 aromatic heterocycles. The van der Waals surface area contributed by atoms with E-state index < -0.39 is 17.7 Å². The van der Waals surface area contributed by atoms with Crippen LogP contribution in [0, 0.1) is 11.3 Å². The van der Waals surface area contributed by atoms with Crippen LogP contribution in [0.15, 0.2) is 75.9 Å². The molecule has 34 heavy (non-hydrogen) atoms. The molecule has 1 aliphatic rings. The highest BCUT2D eigenvalue weighted by molar-refractivity contribution is 5.94. The molecule has 168 valence electrons. The second kappa shape index (κ2) is 7.92. The van der Waals surface area contributed by atoms with E-state index >= 15 is 0 Å². The predicted molar refractivity (Wildman–Crippen MR) is 121 cm³/mol. The first-order valence-corrected chi connectivity index (χ1v) is 10.3. The van der Waals surface area contributed by atoms with Gasteiger partial charge < -0.3 is 9.15 Å². The van der Waals surface area contributed by atoms with Crippen LogP contribution in [0.25, 0.3) is 22.6 Å². The molecule has 0 aliphatic heterocycles. The molecule has 0 saturated carbocycles. The summed E-state index contributed by atoms with van der Waals surface area (Å²) in [5.74, 6) is 0.0334. The highest BCUT2D eigenvalue weighted by atomic mass is 19.4. The molecular formula is C27H16F3NO3. The quantitative estimate of drug-likeness (QED) is 0.349. The van der Waals surface area contributed by atoms with Gasteiger partial charge in [0.1, 0.15) is 17.1 Å². The molecule has 5 rings (SSSR count). The van der Waals surface area contributed by atoms with Gasteiger partial charge in [-0.2, -0.15) is 18.4 Å². The van der Waals surface area contributed by atoms with E-state index in [9.17, 15) is 23.2 Å². The third-order valence-corrected chi connectivity index (χ3v) is 5.97. The lowest BCUT2D eigenvalue weighted by Gasteiger charge is -2.20. The number of nitrogens with zero attached hydrogens (tertiary/aromatic N) is 1. The van der Waals surface area contributed by atoms with Crippen molar-refractivity contribution in [1.29, 1.82) is 5.26 Å². The van der Waals surface area contributed by atoms with Crippen LogP contribution in [0.1, 0.15) is 39.5 Å². The molecule has 0 spiro atoms. The number of benzene rings is 3. The first kappa shape index (κ1) is 21.5. The number of allylic oxidation sites excluding steroid dienone is 1. The summed E-state index contributed by atoms with van der Waals surface area (Å²) in [7, 11) is 1.49. The Hall–Kier alpha value is -4.31. The van der Waals surface area contributed by atoms with Gasteiger partial charge in [0.2, 0.25) is 0 Å². The average molecular weight is 459 g/mol. The van der Waals surface area contributed by atoms with E-state index in [1.807, 2.05) is 0 Å². The average Bonchev–Trinajstić information content (AvgIpc) is 2.98. The minimum Gasteiger partial charge on any atom is -0.497 e. The second-order valence-corrected chi connectivity index (χ2v) is 7.88. The summed E-state index contributed by atoms with van der Waals surface area (Å²) in [5.41, 5.74) is 1.37. The molecule has 0 bridgehead atoms. The molecule has 0 N–H and O–H groups in total. The van der Waals surface area contributed by atoms with Crippen molar-refractivity contribution in [3.63, 3.8) is 0 Å². The maximum atomic E-state index is 13.5. The molecule has 0 radical (unpaired) electrons. The first-order valence-electron chi connectivity index (χ1n) is 10.3. The Labute approximate surface area is 192 Å². The minimum absolute atomic E-state index is 0.190. The van der Waals surface area contributed by atoms with Crippen molar-refractivity contribution < 1.29 is 22.3 Å². The van der Waals surface area contributed by atoms with E-state index in [1.165, 1.54) is 25.3 Å². The summed E-state index contributed by atoms with van der Waals surface area (Å²) in [4.78, 5) is 13.5. The number of ether oxygens (including phenoxy) is 1. The van der Waals surface area contributed by atoms with Gasteiger partial charge in [0.05, 0.1) is 41.2 Å². The van der Waals surface area contributed by atoms with Crippen molar-refractivity contribution in [3.8, 4) is 11.8 Å². The van der Waals surface area contributed by atoms with E-state index in [2.05, 4.69) is 6.07 Å². The standard InChI is InChI=1S/C27H16F3NO3/c1-33-18-10-11-21-23(13-18)34-26-22(25(21)32)12-16(14-31)19-4-2-3-5-20(19)24(26)15-6-8-17(9-7-15)27(28,29)30/h2-13,24H,1H3. The van der Waals surface area contributed by atoms with Crippen molar-refractivity contribution in [2.45, 2.75) is 12.1 Å². The molecule has 0 saturated heterocycles. The van der Waals surface area contributed by atoms with E-state index in [-0.39, 0.29) is 27.9 Å². The van der Waals surface area contributed by atoms with Crippen LogP contribution in [0.5, 0.6) is 5.75 Å². The Morgan fingerprint density at radius 1 is 1.03 bits per heavy atom. The molecule has 1 atom stereocenters. The number of hydrogen-bond donors (Lipinski definition) is 0. The lowest BCUT2D eigenvalue weighted by Crippen LogP contribution is -2.14. The number of methoxy groups -OCH3 is 1. The molecule has 1 unspecified atom stereocenters. The first-order chi connectivity index (χ1) is 16.3. The maximum absolute atomic E-state index is 13.5. The van der Waals surface area contributed by atoms with Gasteiger partial charge in [0.15, 0.2) is 5.43 Å². The molecule has 3 aromatic carbocycles. The zero-order chi connectivity index (χ0) is 24.0. The number of fused-ring (bicyclic) bond motifs is 3. The molecular weight excluding hydrogens is 443 g/mol. The molecule has 7 heteroatoms. The fraction of sp³-hybridized carbons (Fsp3) is 0.111. The van der Waals surface area contributed by atoms with Crippen molar-refractivity contribution >= 4 is 22.6 Å². The van der Waals surface area contributed by atoms with Gasteiger partial charge in [-0.05, 0) is 47.0 Å². The number of nitriles is 1. The van der Waals surface area contributed by atoms with Gasteiger partial charge >= 0.3 is 6.18 Å². The van der Waals surface area contributed by atoms with Crippen molar-refractivity contribution in [1.82, 2.24) is 0 Å². The second-order valence-electron chi connectivity index (χ2n) is 7.88. The number of halogens is 3. The zero-order valence-electron chi connectivity index (χ0n) is 17.8. The summed E-state index contributed by atoms with van der Waals surface area (Å²) in [6.45, 7) is 0. The van der Waals surface area contributed by atoms with Crippen LogP contribution < -0.4 is 10.2 Å². The van der Waals surface area contributed by atoms with Crippen LogP contribution in [-0.2, 0) is 6.18 Å². The highest BCUT2D eigenvalue weighted by Gasteiger charge is 2.33.